The lowest BCUT2D eigenvalue weighted by atomic mass is 10.4. The van der Waals surface area contributed by atoms with Gasteiger partial charge in [-0.2, -0.15) is 15.1 Å². The highest BCUT2D eigenvalue weighted by molar-refractivity contribution is 6.28. The molecular formula is C8H9ClN4O. The molecule has 14 heavy (non-hydrogen) atoms. The van der Waals surface area contributed by atoms with Gasteiger partial charge in [-0.15, -0.1) is 0 Å². The molecule has 0 bridgehead atoms. The fourth-order valence-electron chi connectivity index (χ4n) is 1.26. The van der Waals surface area contributed by atoms with Gasteiger partial charge in [-0.25, -0.2) is 4.68 Å². The Morgan fingerprint density at radius 1 is 1.43 bits per heavy atom. The predicted molar refractivity (Wildman–Crippen MR) is 52.4 cm³/mol. The van der Waals surface area contributed by atoms with Crippen molar-refractivity contribution in [1.82, 2.24) is 19.7 Å². The first kappa shape index (κ1) is 9.21. The summed E-state index contributed by atoms with van der Waals surface area (Å²) in [6.07, 6.45) is 1.53. The number of halogens is 1. The molecule has 2 rings (SSSR count). The Bertz CT molecular complexity index is 479. The Morgan fingerprint density at radius 2 is 2.14 bits per heavy atom. The van der Waals surface area contributed by atoms with Crippen LogP contribution in [0.4, 0.5) is 0 Å². The van der Waals surface area contributed by atoms with Crippen LogP contribution in [-0.2, 0) is 0 Å². The summed E-state index contributed by atoms with van der Waals surface area (Å²) in [7, 11) is 0. The minimum Gasteiger partial charge on any atom is -0.493 e. The van der Waals surface area contributed by atoms with Gasteiger partial charge < -0.3 is 5.11 Å². The van der Waals surface area contributed by atoms with Crippen molar-refractivity contribution in [1.29, 1.82) is 0 Å². The van der Waals surface area contributed by atoms with Gasteiger partial charge in [0.2, 0.25) is 11.2 Å². The lowest BCUT2D eigenvalue weighted by molar-refractivity contribution is 0.459. The summed E-state index contributed by atoms with van der Waals surface area (Å²) in [6, 6.07) is 0.165. The molecule has 0 spiro atoms. The molecule has 2 aromatic rings. The number of hydrogen-bond donors (Lipinski definition) is 1. The average Bonchev–Trinajstić information content (AvgIpc) is 2.47. The second-order valence-electron chi connectivity index (χ2n) is 3.24. The Labute approximate surface area is 85.4 Å². The Kier molecular flexibility index (Phi) is 2.03. The maximum absolute atomic E-state index is 9.46. The van der Waals surface area contributed by atoms with Gasteiger partial charge in [0, 0.05) is 6.04 Å². The summed E-state index contributed by atoms with van der Waals surface area (Å²) in [5.74, 6) is -0.132. The van der Waals surface area contributed by atoms with Crippen molar-refractivity contribution >= 4 is 22.6 Å². The van der Waals surface area contributed by atoms with Crippen LogP contribution in [0.25, 0.3) is 11.0 Å². The first-order valence-electron chi connectivity index (χ1n) is 4.19. The van der Waals surface area contributed by atoms with Gasteiger partial charge >= 0.3 is 0 Å². The molecule has 74 valence electrons. The maximum atomic E-state index is 9.46. The van der Waals surface area contributed by atoms with Crippen molar-refractivity contribution in [2.45, 2.75) is 19.9 Å². The zero-order chi connectivity index (χ0) is 10.3. The van der Waals surface area contributed by atoms with Gasteiger partial charge in [0.25, 0.3) is 0 Å². The third kappa shape index (κ3) is 1.29. The van der Waals surface area contributed by atoms with Crippen LogP contribution < -0.4 is 0 Å². The molecule has 0 fully saturated rings. The van der Waals surface area contributed by atoms with E-state index in [0.29, 0.717) is 11.0 Å². The highest BCUT2D eigenvalue weighted by atomic mass is 35.5. The highest BCUT2D eigenvalue weighted by Gasteiger charge is 2.12. The summed E-state index contributed by atoms with van der Waals surface area (Å²) in [5.41, 5.74) is 0.553. The number of nitrogens with zero attached hydrogens (tertiary/aromatic N) is 4. The summed E-state index contributed by atoms with van der Waals surface area (Å²) < 4.78 is 1.68. The molecule has 0 saturated carbocycles. The van der Waals surface area contributed by atoms with E-state index in [-0.39, 0.29) is 17.2 Å². The number of rotatable bonds is 1. The Morgan fingerprint density at radius 3 is 2.79 bits per heavy atom. The van der Waals surface area contributed by atoms with Crippen molar-refractivity contribution in [2.75, 3.05) is 0 Å². The van der Waals surface area contributed by atoms with Gasteiger partial charge in [0.15, 0.2) is 5.65 Å². The Balaban J connectivity index is 2.78. The molecule has 0 amide bonds. The van der Waals surface area contributed by atoms with E-state index in [9.17, 15) is 5.11 Å². The zero-order valence-electron chi connectivity index (χ0n) is 7.77. The third-order valence-corrected chi connectivity index (χ3v) is 2.06. The fourth-order valence-corrected chi connectivity index (χ4v) is 1.42. The Hall–Kier alpha value is -1.36. The maximum Gasteiger partial charge on any atom is 0.227 e. The average molecular weight is 213 g/mol. The minimum atomic E-state index is -0.132. The molecular weight excluding hydrogens is 204 g/mol. The third-order valence-electron chi connectivity index (χ3n) is 1.90. The number of aromatic hydroxyl groups is 1. The summed E-state index contributed by atoms with van der Waals surface area (Å²) in [4.78, 5) is 7.64. The molecule has 6 heteroatoms. The molecule has 0 aliphatic heterocycles. The van der Waals surface area contributed by atoms with Gasteiger partial charge in [-0.05, 0) is 25.4 Å². The van der Waals surface area contributed by atoms with Gasteiger partial charge in [-0.1, -0.05) is 0 Å². The highest BCUT2D eigenvalue weighted by Crippen LogP contribution is 2.24. The van der Waals surface area contributed by atoms with Crippen LogP contribution in [-0.4, -0.2) is 24.9 Å². The van der Waals surface area contributed by atoms with Crippen molar-refractivity contribution in [3.8, 4) is 5.88 Å². The lowest BCUT2D eigenvalue weighted by Crippen LogP contribution is -2.03. The van der Waals surface area contributed by atoms with E-state index < -0.39 is 0 Å². The summed E-state index contributed by atoms with van der Waals surface area (Å²) >= 11 is 5.63. The molecule has 0 aromatic carbocycles. The molecule has 0 atom stereocenters. The monoisotopic (exact) mass is 212 g/mol. The summed E-state index contributed by atoms with van der Waals surface area (Å²) in [6.45, 7) is 3.94. The summed E-state index contributed by atoms with van der Waals surface area (Å²) in [5, 5.41) is 14.1. The molecule has 0 aliphatic rings. The standard InChI is InChI=1S/C8H9ClN4O/c1-4(2)13-6-5(3-10-13)7(14)12-8(9)11-6/h3-4H,1-2H3,(H,11,12,14). The van der Waals surface area contributed by atoms with Crippen LogP contribution in [0.3, 0.4) is 0 Å². The number of aromatic nitrogens is 4. The van der Waals surface area contributed by atoms with E-state index in [4.69, 9.17) is 11.6 Å². The van der Waals surface area contributed by atoms with E-state index in [1.54, 1.807) is 4.68 Å². The van der Waals surface area contributed by atoms with Crippen molar-refractivity contribution < 1.29 is 5.11 Å². The number of fused-ring (bicyclic) bond motifs is 1. The largest absolute Gasteiger partial charge is 0.493 e. The van der Waals surface area contributed by atoms with E-state index in [2.05, 4.69) is 15.1 Å². The lowest BCUT2D eigenvalue weighted by Gasteiger charge is -2.05. The van der Waals surface area contributed by atoms with E-state index >= 15 is 0 Å². The van der Waals surface area contributed by atoms with E-state index in [0.717, 1.165) is 0 Å². The second kappa shape index (κ2) is 3.09. The first-order valence-corrected chi connectivity index (χ1v) is 4.57. The molecule has 2 heterocycles. The van der Waals surface area contributed by atoms with Crippen molar-refractivity contribution in [3.05, 3.63) is 11.5 Å². The first-order chi connectivity index (χ1) is 6.59. The van der Waals surface area contributed by atoms with Crippen LogP contribution in [0.1, 0.15) is 19.9 Å². The fraction of sp³-hybridized carbons (Fsp3) is 0.375. The van der Waals surface area contributed by atoms with Crippen molar-refractivity contribution in [3.63, 3.8) is 0 Å². The molecule has 0 saturated heterocycles. The van der Waals surface area contributed by atoms with Gasteiger partial charge in [-0.3, -0.25) is 0 Å². The second-order valence-corrected chi connectivity index (χ2v) is 3.57. The molecule has 5 nitrogen and oxygen atoms in total. The minimum absolute atomic E-state index is 0.0254. The van der Waals surface area contributed by atoms with Crippen molar-refractivity contribution in [2.24, 2.45) is 0 Å². The van der Waals surface area contributed by atoms with Crippen LogP contribution in [0.5, 0.6) is 5.88 Å². The smallest absolute Gasteiger partial charge is 0.227 e. The van der Waals surface area contributed by atoms with Gasteiger partial charge in [0.1, 0.15) is 5.39 Å². The molecule has 2 aromatic heterocycles. The quantitative estimate of drug-likeness (QED) is 0.732. The zero-order valence-corrected chi connectivity index (χ0v) is 8.52. The van der Waals surface area contributed by atoms with Gasteiger partial charge in [0.05, 0.1) is 6.20 Å². The SMILES string of the molecule is CC(C)n1ncc2c(O)nc(Cl)nc21. The number of hydrogen-bond acceptors (Lipinski definition) is 4. The molecule has 0 aliphatic carbocycles. The van der Waals surface area contributed by atoms with Crippen LogP contribution in [0.2, 0.25) is 5.28 Å². The predicted octanol–water partition coefficient (Wildman–Crippen LogP) is 1.77. The van der Waals surface area contributed by atoms with E-state index in [1.165, 1.54) is 6.20 Å². The van der Waals surface area contributed by atoms with Crippen LogP contribution >= 0.6 is 11.6 Å². The van der Waals surface area contributed by atoms with Crippen LogP contribution in [0.15, 0.2) is 6.20 Å². The molecule has 0 radical (unpaired) electrons. The van der Waals surface area contributed by atoms with E-state index in [1.807, 2.05) is 13.8 Å². The topological polar surface area (TPSA) is 63.8 Å². The molecule has 1 N–H and O–H groups in total. The molecule has 0 unspecified atom stereocenters. The normalized spacial score (nSPS) is 11.4. The van der Waals surface area contributed by atoms with Crippen LogP contribution in [0, 0.1) is 0 Å².